The molecule has 7 heteroatoms. The highest BCUT2D eigenvalue weighted by atomic mass is 19.1. The van der Waals surface area contributed by atoms with Crippen LogP contribution in [0.1, 0.15) is 29.1 Å². The zero-order valence-corrected chi connectivity index (χ0v) is 16.6. The number of likely N-dealkylation sites (tertiary alicyclic amines) is 1. The quantitative estimate of drug-likeness (QED) is 0.700. The number of aromatic nitrogens is 1. The highest BCUT2D eigenvalue weighted by molar-refractivity contribution is 5.95. The molecule has 2 heterocycles. The summed E-state index contributed by atoms with van der Waals surface area (Å²) in [6.07, 6.45) is 2.71. The number of hydrogen-bond donors (Lipinski definition) is 1. The summed E-state index contributed by atoms with van der Waals surface area (Å²) in [6, 6.07) is 13.6. The Morgan fingerprint density at radius 3 is 2.70 bits per heavy atom. The number of carbonyl (C=O) groups excluding carboxylic acids is 2. The van der Waals surface area contributed by atoms with Gasteiger partial charge in [-0.25, -0.2) is 9.37 Å². The summed E-state index contributed by atoms with van der Waals surface area (Å²) in [6.45, 7) is 2.64. The molecule has 3 aromatic rings. The van der Waals surface area contributed by atoms with Crippen LogP contribution >= 0.6 is 0 Å². The molecule has 0 spiro atoms. The first kappa shape index (κ1) is 19.8. The van der Waals surface area contributed by atoms with Crippen molar-refractivity contribution < 1.29 is 18.4 Å². The summed E-state index contributed by atoms with van der Waals surface area (Å²) in [5, 5.41) is 2.95. The van der Waals surface area contributed by atoms with Crippen molar-refractivity contribution in [1.82, 2.24) is 9.88 Å². The average Bonchev–Trinajstić information content (AvgIpc) is 3.20. The summed E-state index contributed by atoms with van der Waals surface area (Å²) >= 11 is 0. The maximum atomic E-state index is 13.2. The molecule has 1 N–H and O–H groups in total. The Hall–Kier alpha value is -3.48. The average molecular weight is 407 g/mol. The minimum absolute atomic E-state index is 0.127. The van der Waals surface area contributed by atoms with E-state index in [-0.39, 0.29) is 29.3 Å². The number of amides is 2. The molecule has 0 saturated carbocycles. The van der Waals surface area contributed by atoms with Gasteiger partial charge in [-0.3, -0.25) is 9.59 Å². The highest BCUT2D eigenvalue weighted by Gasteiger charge is 2.31. The van der Waals surface area contributed by atoms with Crippen molar-refractivity contribution in [3.8, 4) is 11.1 Å². The molecular formula is C23H22FN3O3. The molecule has 1 saturated heterocycles. The van der Waals surface area contributed by atoms with E-state index >= 15 is 0 Å². The molecule has 2 aromatic carbocycles. The second-order valence-electron chi connectivity index (χ2n) is 7.43. The van der Waals surface area contributed by atoms with Gasteiger partial charge in [0.15, 0.2) is 6.39 Å². The fourth-order valence-corrected chi connectivity index (χ4v) is 3.69. The van der Waals surface area contributed by atoms with Gasteiger partial charge in [0.2, 0.25) is 11.7 Å². The van der Waals surface area contributed by atoms with Crippen LogP contribution in [0.4, 0.5) is 10.1 Å². The summed E-state index contributed by atoms with van der Waals surface area (Å²) in [4.78, 5) is 31.1. The van der Waals surface area contributed by atoms with Crippen LogP contribution in [0.15, 0.2) is 59.3 Å². The second-order valence-corrected chi connectivity index (χ2v) is 7.43. The lowest BCUT2D eigenvalue weighted by Gasteiger charge is -2.31. The van der Waals surface area contributed by atoms with Gasteiger partial charge in [-0.05, 0) is 55.2 Å². The van der Waals surface area contributed by atoms with E-state index in [0.717, 1.165) is 17.5 Å². The predicted octanol–water partition coefficient (Wildman–Crippen LogP) is 4.28. The lowest BCUT2D eigenvalue weighted by molar-refractivity contribution is -0.121. The van der Waals surface area contributed by atoms with Gasteiger partial charge in [-0.2, -0.15) is 0 Å². The smallest absolute Gasteiger partial charge is 0.291 e. The zero-order valence-electron chi connectivity index (χ0n) is 16.6. The van der Waals surface area contributed by atoms with Crippen LogP contribution in [0.2, 0.25) is 0 Å². The molecular weight excluding hydrogens is 385 g/mol. The summed E-state index contributed by atoms with van der Waals surface area (Å²) < 4.78 is 18.4. The Balaban J connectivity index is 1.43. The number of aryl methyl sites for hydroxylation is 1. The third-order valence-corrected chi connectivity index (χ3v) is 5.33. The Morgan fingerprint density at radius 2 is 1.97 bits per heavy atom. The standard InChI is InChI=1S/C23H22FN3O3/c1-15-21(30-14-25-15)23(29)27-11-3-5-18(13-27)22(28)26-20-6-2-4-17(12-20)16-7-9-19(24)10-8-16/h2,4,6-10,12,14,18H,3,5,11,13H2,1H3,(H,26,28)/t18-/m0/s1. The van der Waals surface area contributed by atoms with Crippen LogP contribution in [-0.2, 0) is 4.79 Å². The van der Waals surface area contributed by atoms with Gasteiger partial charge >= 0.3 is 0 Å². The molecule has 30 heavy (non-hydrogen) atoms. The second kappa shape index (κ2) is 8.49. The van der Waals surface area contributed by atoms with E-state index in [0.29, 0.717) is 30.9 Å². The van der Waals surface area contributed by atoms with Gasteiger partial charge < -0.3 is 14.6 Å². The Labute approximate surface area is 173 Å². The fourth-order valence-electron chi connectivity index (χ4n) is 3.69. The summed E-state index contributed by atoms with van der Waals surface area (Å²) in [5.74, 6) is -0.734. The number of hydrogen-bond acceptors (Lipinski definition) is 4. The van der Waals surface area contributed by atoms with Gasteiger partial charge in [-0.1, -0.05) is 24.3 Å². The number of nitrogens with one attached hydrogen (secondary N) is 1. The van der Waals surface area contributed by atoms with Gasteiger partial charge in [0.25, 0.3) is 5.91 Å². The van der Waals surface area contributed by atoms with E-state index < -0.39 is 0 Å². The first-order valence-corrected chi connectivity index (χ1v) is 9.87. The maximum Gasteiger partial charge on any atom is 0.291 e. The van der Waals surface area contributed by atoms with Crippen molar-refractivity contribution >= 4 is 17.5 Å². The number of anilines is 1. The van der Waals surface area contributed by atoms with Crippen LogP contribution in [-0.4, -0.2) is 34.8 Å². The van der Waals surface area contributed by atoms with E-state index in [1.807, 2.05) is 24.3 Å². The maximum absolute atomic E-state index is 13.2. The molecule has 0 unspecified atom stereocenters. The van der Waals surface area contributed by atoms with Crippen LogP contribution in [0, 0.1) is 18.7 Å². The van der Waals surface area contributed by atoms with E-state index in [1.54, 1.807) is 24.0 Å². The van der Waals surface area contributed by atoms with Crippen LogP contribution < -0.4 is 5.32 Å². The fraction of sp³-hybridized carbons (Fsp3) is 0.261. The number of oxazole rings is 1. The van der Waals surface area contributed by atoms with Gasteiger partial charge in [-0.15, -0.1) is 0 Å². The third kappa shape index (κ3) is 4.25. The molecule has 1 atom stereocenters. The largest absolute Gasteiger partial charge is 0.438 e. The van der Waals surface area contributed by atoms with Crippen LogP contribution in [0.3, 0.4) is 0 Å². The number of piperidine rings is 1. The molecule has 2 amide bonds. The number of carbonyl (C=O) groups is 2. The number of rotatable bonds is 4. The molecule has 1 aliphatic heterocycles. The monoisotopic (exact) mass is 407 g/mol. The molecule has 1 aliphatic rings. The highest BCUT2D eigenvalue weighted by Crippen LogP contribution is 2.25. The Kier molecular flexibility index (Phi) is 5.61. The van der Waals surface area contributed by atoms with Crippen molar-refractivity contribution in [2.24, 2.45) is 5.92 Å². The number of benzene rings is 2. The molecule has 0 radical (unpaired) electrons. The minimum Gasteiger partial charge on any atom is -0.438 e. The van der Waals surface area contributed by atoms with Gasteiger partial charge in [0.05, 0.1) is 11.6 Å². The van der Waals surface area contributed by atoms with Gasteiger partial charge in [0, 0.05) is 18.8 Å². The first-order valence-electron chi connectivity index (χ1n) is 9.87. The third-order valence-electron chi connectivity index (χ3n) is 5.33. The normalized spacial score (nSPS) is 16.3. The van der Waals surface area contributed by atoms with Crippen molar-refractivity contribution in [2.45, 2.75) is 19.8 Å². The number of halogens is 1. The predicted molar refractivity (Wildman–Crippen MR) is 110 cm³/mol. The van der Waals surface area contributed by atoms with Crippen LogP contribution in [0.25, 0.3) is 11.1 Å². The minimum atomic E-state index is -0.305. The molecule has 1 aromatic heterocycles. The molecule has 154 valence electrons. The molecule has 4 rings (SSSR count). The lowest BCUT2D eigenvalue weighted by atomic mass is 9.96. The van der Waals surface area contributed by atoms with E-state index in [1.165, 1.54) is 18.5 Å². The van der Waals surface area contributed by atoms with E-state index in [2.05, 4.69) is 10.3 Å². The van der Waals surface area contributed by atoms with Crippen LogP contribution in [0.5, 0.6) is 0 Å². The van der Waals surface area contributed by atoms with Crippen molar-refractivity contribution in [3.63, 3.8) is 0 Å². The Morgan fingerprint density at radius 1 is 1.17 bits per heavy atom. The molecule has 0 bridgehead atoms. The lowest BCUT2D eigenvalue weighted by Crippen LogP contribution is -2.43. The molecule has 0 aliphatic carbocycles. The first-order chi connectivity index (χ1) is 14.5. The summed E-state index contributed by atoms with van der Waals surface area (Å²) in [5.41, 5.74) is 2.96. The zero-order chi connectivity index (χ0) is 21.1. The van der Waals surface area contributed by atoms with E-state index in [4.69, 9.17) is 4.42 Å². The van der Waals surface area contributed by atoms with Crippen molar-refractivity contribution in [2.75, 3.05) is 18.4 Å². The summed E-state index contributed by atoms with van der Waals surface area (Å²) in [7, 11) is 0. The van der Waals surface area contributed by atoms with Crippen molar-refractivity contribution in [3.05, 3.63) is 72.2 Å². The Bertz CT molecular complexity index is 1060. The van der Waals surface area contributed by atoms with Crippen molar-refractivity contribution in [1.29, 1.82) is 0 Å². The topological polar surface area (TPSA) is 75.4 Å². The van der Waals surface area contributed by atoms with Gasteiger partial charge in [0.1, 0.15) is 5.82 Å². The number of nitrogens with zero attached hydrogens (tertiary/aromatic N) is 2. The SMILES string of the molecule is Cc1ncoc1C(=O)N1CCC[C@H](C(=O)Nc2cccc(-c3ccc(F)cc3)c2)C1. The molecule has 6 nitrogen and oxygen atoms in total. The molecule has 1 fully saturated rings. The van der Waals surface area contributed by atoms with E-state index in [9.17, 15) is 14.0 Å².